The second-order valence-electron chi connectivity index (χ2n) is 7.73. The van der Waals surface area contributed by atoms with Crippen molar-refractivity contribution in [2.24, 2.45) is 7.05 Å². The maximum absolute atomic E-state index is 12.6. The molecule has 0 saturated carbocycles. The maximum atomic E-state index is 12.6. The number of amides is 3. The second kappa shape index (κ2) is 7.67. The lowest BCUT2D eigenvalue weighted by molar-refractivity contribution is -0.125. The molecule has 3 amide bonds. The van der Waals surface area contributed by atoms with Gasteiger partial charge in [-0.25, -0.2) is 9.78 Å². The fraction of sp³-hybridized carbons (Fsp3) is 0.261. The molecule has 0 bridgehead atoms. The summed E-state index contributed by atoms with van der Waals surface area (Å²) in [5.41, 5.74) is 4.01. The Morgan fingerprint density at radius 3 is 2.73 bits per heavy atom. The van der Waals surface area contributed by atoms with Gasteiger partial charge in [0.15, 0.2) is 0 Å². The molecule has 2 aromatic heterocycles. The van der Waals surface area contributed by atoms with E-state index in [4.69, 9.17) is 0 Å². The fourth-order valence-electron chi connectivity index (χ4n) is 3.81. The molecular formula is C23H25N5O2. The van der Waals surface area contributed by atoms with Crippen LogP contribution in [-0.4, -0.2) is 52.4 Å². The molecule has 1 aromatic carbocycles. The molecule has 30 heavy (non-hydrogen) atoms. The number of benzene rings is 1. The zero-order chi connectivity index (χ0) is 21.4. The topological polar surface area (TPSA) is 61.7 Å². The smallest absolute Gasteiger partial charge is 0.325 e. The van der Waals surface area contributed by atoms with E-state index >= 15 is 0 Å². The summed E-state index contributed by atoms with van der Waals surface area (Å²) in [4.78, 5) is 33.9. The van der Waals surface area contributed by atoms with Crippen LogP contribution in [0.2, 0.25) is 0 Å². The van der Waals surface area contributed by atoms with Crippen molar-refractivity contribution >= 4 is 34.7 Å². The number of para-hydroxylation sites is 1. The van der Waals surface area contributed by atoms with E-state index in [2.05, 4.69) is 27.8 Å². The molecule has 3 aromatic rings. The van der Waals surface area contributed by atoms with Crippen molar-refractivity contribution < 1.29 is 9.59 Å². The van der Waals surface area contributed by atoms with E-state index in [1.165, 1.54) is 10.3 Å². The summed E-state index contributed by atoms with van der Waals surface area (Å²) in [6.45, 7) is 1.02. The van der Waals surface area contributed by atoms with Gasteiger partial charge >= 0.3 is 6.03 Å². The predicted molar refractivity (Wildman–Crippen MR) is 118 cm³/mol. The average Bonchev–Trinajstić information content (AvgIpc) is 3.05. The first-order valence-electron chi connectivity index (χ1n) is 9.79. The van der Waals surface area contributed by atoms with Crippen LogP contribution in [0.25, 0.3) is 17.0 Å². The Bertz CT molecular complexity index is 1160. The maximum Gasteiger partial charge on any atom is 0.325 e. The molecule has 3 heterocycles. The van der Waals surface area contributed by atoms with Crippen molar-refractivity contribution in [3.8, 4) is 0 Å². The highest BCUT2D eigenvalue weighted by atomic mass is 16.2. The Kier molecular flexibility index (Phi) is 5.03. The van der Waals surface area contributed by atoms with Crippen LogP contribution in [0.3, 0.4) is 0 Å². The summed E-state index contributed by atoms with van der Waals surface area (Å²) in [6.07, 6.45) is 5.01. The van der Waals surface area contributed by atoms with Gasteiger partial charge in [-0.3, -0.25) is 9.69 Å². The fourth-order valence-corrected chi connectivity index (χ4v) is 3.81. The normalized spacial score (nSPS) is 13.9. The van der Waals surface area contributed by atoms with Crippen molar-refractivity contribution in [2.45, 2.75) is 13.1 Å². The Labute approximate surface area is 175 Å². The number of urea groups is 1. The van der Waals surface area contributed by atoms with Crippen molar-refractivity contribution in [3.63, 3.8) is 0 Å². The van der Waals surface area contributed by atoms with Gasteiger partial charge in [0.1, 0.15) is 5.82 Å². The van der Waals surface area contributed by atoms with Crippen molar-refractivity contribution in [2.75, 3.05) is 26.0 Å². The second-order valence-corrected chi connectivity index (χ2v) is 7.73. The summed E-state index contributed by atoms with van der Waals surface area (Å²) < 4.78 is 2.12. The Morgan fingerprint density at radius 2 is 1.97 bits per heavy atom. The van der Waals surface area contributed by atoms with Crippen LogP contribution in [-0.2, 0) is 24.9 Å². The summed E-state index contributed by atoms with van der Waals surface area (Å²) in [5, 5.41) is 1.17. The molecule has 1 aliphatic heterocycles. The third kappa shape index (κ3) is 3.54. The molecular weight excluding hydrogens is 378 g/mol. The van der Waals surface area contributed by atoms with Crippen molar-refractivity contribution in [1.82, 2.24) is 19.4 Å². The van der Waals surface area contributed by atoms with Gasteiger partial charge < -0.3 is 14.4 Å². The number of aryl methyl sites for hydroxylation is 1. The summed E-state index contributed by atoms with van der Waals surface area (Å²) in [7, 11) is 7.29. The minimum absolute atomic E-state index is 0.0802. The van der Waals surface area contributed by atoms with Gasteiger partial charge in [0, 0.05) is 57.2 Å². The quantitative estimate of drug-likeness (QED) is 0.629. The van der Waals surface area contributed by atoms with Gasteiger partial charge in [-0.1, -0.05) is 18.2 Å². The number of anilines is 1. The van der Waals surface area contributed by atoms with Crippen LogP contribution >= 0.6 is 0 Å². The standard InChI is InChI=1S/C23H25N5O2/c1-25(15-19-12-17-7-5-6-8-20(17)27(19)3)21(29)10-9-16-11-18-14-26(2)23(30)28(4)22(18)24-13-16/h5-13H,14-15H2,1-4H3/b10-9+. The number of carbonyl (C=O) groups is 2. The van der Waals surface area contributed by atoms with E-state index in [1.54, 1.807) is 49.3 Å². The number of hydrogen-bond donors (Lipinski definition) is 0. The highest BCUT2D eigenvalue weighted by Crippen LogP contribution is 2.25. The molecule has 0 atom stereocenters. The van der Waals surface area contributed by atoms with Crippen LogP contribution in [0, 0.1) is 0 Å². The lowest BCUT2D eigenvalue weighted by Crippen LogP contribution is -2.43. The number of carbonyl (C=O) groups excluding carboxylic acids is 2. The Hall–Kier alpha value is -3.61. The number of aromatic nitrogens is 2. The number of hydrogen-bond acceptors (Lipinski definition) is 3. The van der Waals surface area contributed by atoms with Crippen LogP contribution < -0.4 is 4.90 Å². The lowest BCUT2D eigenvalue weighted by Gasteiger charge is -2.31. The van der Waals surface area contributed by atoms with E-state index in [9.17, 15) is 9.59 Å². The van der Waals surface area contributed by atoms with Crippen LogP contribution in [0.1, 0.15) is 16.8 Å². The lowest BCUT2D eigenvalue weighted by atomic mass is 10.1. The Balaban J connectivity index is 1.47. The number of pyridine rings is 1. The van der Waals surface area contributed by atoms with Gasteiger partial charge in [-0.05, 0) is 35.2 Å². The summed E-state index contributed by atoms with van der Waals surface area (Å²) >= 11 is 0. The molecule has 7 nitrogen and oxygen atoms in total. The first-order valence-corrected chi connectivity index (χ1v) is 9.79. The number of likely N-dealkylation sites (N-methyl/N-ethyl adjacent to an activating group) is 1. The first kappa shape index (κ1) is 19.7. The molecule has 0 spiro atoms. The number of rotatable bonds is 4. The molecule has 4 rings (SSSR count). The molecule has 0 saturated heterocycles. The Morgan fingerprint density at radius 1 is 1.20 bits per heavy atom. The SMILES string of the molecule is CN(Cc1cc2ccccc2n1C)C(=O)/C=C/c1cnc2c(c1)CN(C)C(=O)N2C. The van der Waals surface area contributed by atoms with Gasteiger partial charge in [0.25, 0.3) is 0 Å². The zero-order valence-electron chi connectivity index (χ0n) is 17.7. The highest BCUT2D eigenvalue weighted by Gasteiger charge is 2.26. The third-order valence-electron chi connectivity index (χ3n) is 5.55. The van der Waals surface area contributed by atoms with Crippen molar-refractivity contribution in [3.05, 3.63) is 65.5 Å². The highest BCUT2D eigenvalue weighted by molar-refractivity contribution is 5.94. The minimum Gasteiger partial charge on any atom is -0.346 e. The summed E-state index contributed by atoms with van der Waals surface area (Å²) in [5.74, 6) is 0.580. The van der Waals surface area contributed by atoms with Gasteiger partial charge in [-0.15, -0.1) is 0 Å². The van der Waals surface area contributed by atoms with Crippen LogP contribution in [0.15, 0.2) is 48.7 Å². The predicted octanol–water partition coefficient (Wildman–Crippen LogP) is 3.25. The molecule has 1 aliphatic rings. The molecule has 7 heteroatoms. The molecule has 0 unspecified atom stereocenters. The van der Waals surface area contributed by atoms with Crippen LogP contribution in [0.4, 0.5) is 10.6 Å². The van der Waals surface area contributed by atoms with E-state index in [0.29, 0.717) is 18.9 Å². The van der Waals surface area contributed by atoms with Gasteiger partial charge in [0.2, 0.25) is 5.91 Å². The van der Waals surface area contributed by atoms with Gasteiger partial charge in [0.05, 0.1) is 13.1 Å². The van der Waals surface area contributed by atoms with Gasteiger partial charge in [-0.2, -0.15) is 0 Å². The van der Waals surface area contributed by atoms with E-state index in [-0.39, 0.29) is 11.9 Å². The van der Waals surface area contributed by atoms with E-state index in [1.807, 2.05) is 25.2 Å². The molecule has 154 valence electrons. The summed E-state index contributed by atoms with van der Waals surface area (Å²) in [6, 6.07) is 12.2. The minimum atomic E-state index is -0.0811. The average molecular weight is 403 g/mol. The first-order chi connectivity index (χ1) is 14.3. The van der Waals surface area contributed by atoms with Crippen LogP contribution in [0.5, 0.6) is 0 Å². The van der Waals surface area contributed by atoms with E-state index in [0.717, 1.165) is 22.3 Å². The molecule has 0 N–H and O–H groups in total. The number of fused-ring (bicyclic) bond motifs is 2. The van der Waals surface area contributed by atoms with E-state index < -0.39 is 0 Å². The largest absolute Gasteiger partial charge is 0.346 e. The molecule has 0 radical (unpaired) electrons. The zero-order valence-corrected chi connectivity index (χ0v) is 17.7. The molecule has 0 aliphatic carbocycles. The van der Waals surface area contributed by atoms with Crippen molar-refractivity contribution in [1.29, 1.82) is 0 Å². The third-order valence-corrected chi connectivity index (χ3v) is 5.55. The number of nitrogens with zero attached hydrogens (tertiary/aromatic N) is 5. The monoisotopic (exact) mass is 403 g/mol. The molecule has 0 fully saturated rings.